The second-order valence-electron chi connectivity index (χ2n) is 9.02. The van der Waals surface area contributed by atoms with E-state index in [1.54, 1.807) is 6.07 Å². The Balaban J connectivity index is 1.41. The van der Waals surface area contributed by atoms with Gasteiger partial charge in [-0.2, -0.15) is 0 Å². The Hall–Kier alpha value is -1.18. The number of allylic oxidation sites excluding steroid dienone is 2. The van der Waals surface area contributed by atoms with Crippen LogP contribution in [0.25, 0.3) is 0 Å². The molecule has 0 aliphatic heterocycles. The molecule has 0 bridgehead atoms. The zero-order valence-electron chi connectivity index (χ0n) is 16.0. The summed E-state index contributed by atoms with van der Waals surface area (Å²) in [5.41, 5.74) is 1.01. The van der Waals surface area contributed by atoms with Crippen LogP contribution in [0.3, 0.4) is 0 Å². The molecule has 0 heterocycles. The van der Waals surface area contributed by atoms with Gasteiger partial charge >= 0.3 is 0 Å². The molecule has 3 aliphatic rings. The number of fused-ring (bicyclic) bond motifs is 3. The predicted octanol–water partition coefficient (Wildman–Crippen LogP) is 7.26. The normalized spacial score (nSPS) is 37.3. The van der Waals surface area contributed by atoms with E-state index in [9.17, 15) is 8.78 Å². The van der Waals surface area contributed by atoms with Gasteiger partial charge in [-0.15, -0.1) is 0 Å². The molecule has 26 heavy (non-hydrogen) atoms. The fourth-order valence-corrected chi connectivity index (χ4v) is 6.40. The highest BCUT2D eigenvalue weighted by Gasteiger charge is 2.44. The van der Waals surface area contributed by atoms with Gasteiger partial charge in [0, 0.05) is 0 Å². The molecule has 142 valence electrons. The van der Waals surface area contributed by atoms with Crippen LogP contribution in [-0.4, -0.2) is 0 Å². The van der Waals surface area contributed by atoms with Crippen molar-refractivity contribution in [1.82, 2.24) is 0 Å². The molecule has 1 aromatic rings. The molecule has 0 spiro atoms. The van der Waals surface area contributed by atoms with Crippen molar-refractivity contribution in [3.05, 3.63) is 47.5 Å². The molecule has 0 saturated heterocycles. The van der Waals surface area contributed by atoms with E-state index >= 15 is 0 Å². The van der Waals surface area contributed by atoms with E-state index in [0.29, 0.717) is 5.92 Å². The molecule has 3 saturated carbocycles. The first-order valence-electron chi connectivity index (χ1n) is 10.8. The van der Waals surface area contributed by atoms with Crippen molar-refractivity contribution in [1.29, 1.82) is 0 Å². The molecule has 4 rings (SSSR count). The van der Waals surface area contributed by atoms with Crippen LogP contribution >= 0.6 is 0 Å². The molecule has 6 unspecified atom stereocenters. The van der Waals surface area contributed by atoms with Crippen LogP contribution in [0.4, 0.5) is 8.78 Å². The average molecular weight is 359 g/mol. The zero-order valence-corrected chi connectivity index (χ0v) is 16.0. The van der Waals surface area contributed by atoms with Crippen molar-refractivity contribution >= 4 is 0 Å². The Morgan fingerprint density at radius 1 is 0.885 bits per heavy atom. The highest BCUT2D eigenvalue weighted by molar-refractivity contribution is 5.22. The second kappa shape index (κ2) is 7.82. The van der Waals surface area contributed by atoms with Crippen LogP contribution in [0.1, 0.15) is 76.2 Å². The van der Waals surface area contributed by atoms with Crippen molar-refractivity contribution in [3.8, 4) is 0 Å². The van der Waals surface area contributed by atoms with Gasteiger partial charge in [0.25, 0.3) is 0 Å². The van der Waals surface area contributed by atoms with Crippen LogP contribution in [0.2, 0.25) is 0 Å². The van der Waals surface area contributed by atoms with Crippen LogP contribution in [0.15, 0.2) is 30.4 Å². The molecule has 6 atom stereocenters. The van der Waals surface area contributed by atoms with Gasteiger partial charge in [-0.05, 0) is 111 Å². The minimum absolute atomic E-state index is 0.423. The summed E-state index contributed by atoms with van der Waals surface area (Å²) >= 11 is 0. The van der Waals surface area contributed by atoms with Gasteiger partial charge < -0.3 is 0 Å². The molecule has 3 aliphatic carbocycles. The van der Waals surface area contributed by atoms with Gasteiger partial charge in [0.2, 0.25) is 0 Å². The molecule has 0 amide bonds. The van der Waals surface area contributed by atoms with Gasteiger partial charge in [0.1, 0.15) is 0 Å². The van der Waals surface area contributed by atoms with Crippen LogP contribution in [0.5, 0.6) is 0 Å². The maximum atomic E-state index is 13.6. The fourth-order valence-electron chi connectivity index (χ4n) is 6.40. The molecular formula is C24H32F2. The second-order valence-corrected chi connectivity index (χ2v) is 9.02. The topological polar surface area (TPSA) is 0 Å². The number of hydrogen-bond donors (Lipinski definition) is 0. The third-order valence-corrected chi connectivity index (χ3v) is 7.64. The Bertz CT molecular complexity index is 650. The molecule has 0 aromatic heterocycles. The van der Waals surface area contributed by atoms with Gasteiger partial charge in [-0.25, -0.2) is 8.78 Å². The summed E-state index contributed by atoms with van der Waals surface area (Å²) in [5.74, 6) is 3.35. The van der Waals surface area contributed by atoms with Crippen molar-refractivity contribution in [2.24, 2.45) is 29.6 Å². The Kier molecular flexibility index (Phi) is 5.47. The van der Waals surface area contributed by atoms with E-state index in [-0.39, 0.29) is 0 Å². The highest BCUT2D eigenvalue weighted by atomic mass is 19.2. The molecule has 0 nitrogen and oxygen atoms in total. The van der Waals surface area contributed by atoms with Gasteiger partial charge in [-0.1, -0.05) is 25.1 Å². The van der Waals surface area contributed by atoms with Crippen molar-refractivity contribution in [2.45, 2.75) is 70.6 Å². The summed E-state index contributed by atoms with van der Waals surface area (Å²) in [6.45, 7) is 2.22. The molecule has 1 aromatic carbocycles. The molecule has 0 N–H and O–H groups in total. The number of halogens is 2. The summed E-state index contributed by atoms with van der Waals surface area (Å²) in [4.78, 5) is 0. The average Bonchev–Trinajstić information content (AvgIpc) is 2.67. The van der Waals surface area contributed by atoms with Crippen molar-refractivity contribution in [2.75, 3.05) is 0 Å². The Morgan fingerprint density at radius 2 is 1.62 bits per heavy atom. The zero-order chi connectivity index (χ0) is 18.1. The van der Waals surface area contributed by atoms with E-state index in [2.05, 4.69) is 19.1 Å². The first kappa shape index (κ1) is 18.2. The summed E-state index contributed by atoms with van der Waals surface area (Å²) in [5, 5.41) is 0. The molecule has 3 fully saturated rings. The first-order valence-corrected chi connectivity index (χ1v) is 10.8. The maximum absolute atomic E-state index is 13.6. The number of rotatable bonds is 3. The van der Waals surface area contributed by atoms with Crippen LogP contribution in [0, 0.1) is 41.2 Å². The number of hydrogen-bond acceptors (Lipinski definition) is 0. The minimum Gasteiger partial charge on any atom is -0.204 e. The minimum atomic E-state index is -0.725. The fraction of sp³-hybridized carbons (Fsp3) is 0.667. The lowest BCUT2D eigenvalue weighted by Crippen LogP contribution is -2.41. The highest BCUT2D eigenvalue weighted by Crippen LogP contribution is 2.54. The Labute approximate surface area is 157 Å². The monoisotopic (exact) mass is 358 g/mol. The van der Waals surface area contributed by atoms with Gasteiger partial charge in [-0.3, -0.25) is 0 Å². The molecule has 0 radical (unpaired) electrons. The van der Waals surface area contributed by atoms with Crippen molar-refractivity contribution < 1.29 is 8.78 Å². The molecular weight excluding hydrogens is 326 g/mol. The largest absolute Gasteiger partial charge is 0.204 e. The van der Waals surface area contributed by atoms with E-state index < -0.39 is 11.6 Å². The molecule has 2 heteroatoms. The Morgan fingerprint density at radius 3 is 2.35 bits per heavy atom. The van der Waals surface area contributed by atoms with Gasteiger partial charge in [0.05, 0.1) is 0 Å². The standard InChI is InChI=1S/C24H32F2/c1-2-3-4-16-5-10-21-19(13-16)6-7-20-14-17(8-11-22(20)21)18-9-12-23(25)24(26)15-18/h3-4,9,12,15-17,19-22H,2,5-8,10-11,13-14H2,1H3/b4-3+. The van der Waals surface area contributed by atoms with Crippen LogP contribution in [-0.2, 0) is 0 Å². The predicted molar refractivity (Wildman–Crippen MR) is 103 cm³/mol. The van der Waals surface area contributed by atoms with E-state index in [0.717, 1.165) is 48.0 Å². The van der Waals surface area contributed by atoms with E-state index in [1.165, 1.54) is 57.1 Å². The summed E-state index contributed by atoms with van der Waals surface area (Å²) < 4.78 is 26.9. The lowest BCUT2D eigenvalue weighted by atomic mass is 9.55. The van der Waals surface area contributed by atoms with Crippen molar-refractivity contribution in [3.63, 3.8) is 0 Å². The SMILES string of the molecule is CC/C=C/C1CCC2C(CCC3CC(c4ccc(F)c(F)c4)CCC32)C1. The summed E-state index contributed by atoms with van der Waals surface area (Å²) in [6, 6.07) is 4.55. The first-order chi connectivity index (χ1) is 12.7. The van der Waals surface area contributed by atoms with Gasteiger partial charge in [0.15, 0.2) is 11.6 Å². The quantitative estimate of drug-likeness (QED) is 0.499. The van der Waals surface area contributed by atoms with E-state index in [1.807, 2.05) is 0 Å². The summed E-state index contributed by atoms with van der Waals surface area (Å²) in [6.07, 6.45) is 16.5. The smallest absolute Gasteiger partial charge is 0.159 e. The summed E-state index contributed by atoms with van der Waals surface area (Å²) in [7, 11) is 0. The maximum Gasteiger partial charge on any atom is 0.159 e. The van der Waals surface area contributed by atoms with Crippen LogP contribution < -0.4 is 0 Å². The lowest BCUT2D eigenvalue weighted by molar-refractivity contribution is 0.0127. The lowest BCUT2D eigenvalue weighted by Gasteiger charge is -2.50. The third-order valence-electron chi connectivity index (χ3n) is 7.64. The third kappa shape index (κ3) is 3.62. The number of benzene rings is 1. The van der Waals surface area contributed by atoms with E-state index in [4.69, 9.17) is 0 Å².